The van der Waals surface area contributed by atoms with Gasteiger partial charge in [-0.05, 0) is 36.8 Å². The Morgan fingerprint density at radius 1 is 1.29 bits per heavy atom. The molecule has 108 valence electrons. The molecule has 0 unspecified atom stereocenters. The number of nitro groups is 1. The fraction of sp³-hybridized carbons (Fsp3) is 0.0714. The number of anilines is 1. The fourth-order valence-corrected chi connectivity index (χ4v) is 1.72. The minimum absolute atomic E-state index is 0.0869. The normalized spacial score (nSPS) is 10.2. The summed E-state index contributed by atoms with van der Waals surface area (Å²) >= 11 is 0. The van der Waals surface area contributed by atoms with E-state index in [-0.39, 0.29) is 22.7 Å². The SMILES string of the molecule is Cc1cc(C(=O)Nc2cc([N+](=O)[O-])ccc2O)ccc1F. The van der Waals surface area contributed by atoms with Crippen molar-refractivity contribution >= 4 is 17.3 Å². The lowest BCUT2D eigenvalue weighted by Crippen LogP contribution is -2.12. The molecule has 2 rings (SSSR count). The number of amides is 1. The first-order chi connectivity index (χ1) is 9.88. The Labute approximate surface area is 119 Å². The van der Waals surface area contributed by atoms with Crippen LogP contribution in [0.15, 0.2) is 36.4 Å². The van der Waals surface area contributed by atoms with E-state index in [0.717, 1.165) is 24.3 Å². The van der Waals surface area contributed by atoms with Crippen molar-refractivity contribution in [2.45, 2.75) is 6.92 Å². The summed E-state index contributed by atoms with van der Waals surface area (Å²) in [7, 11) is 0. The zero-order valence-electron chi connectivity index (χ0n) is 11.0. The quantitative estimate of drug-likeness (QED) is 0.516. The van der Waals surface area contributed by atoms with Gasteiger partial charge in [0.2, 0.25) is 0 Å². The Kier molecular flexibility index (Phi) is 3.84. The van der Waals surface area contributed by atoms with Crippen molar-refractivity contribution in [2.24, 2.45) is 0 Å². The number of non-ortho nitro benzene ring substituents is 1. The molecule has 7 heteroatoms. The highest BCUT2D eigenvalue weighted by Crippen LogP contribution is 2.28. The molecule has 0 radical (unpaired) electrons. The van der Waals surface area contributed by atoms with Gasteiger partial charge in [-0.25, -0.2) is 4.39 Å². The predicted molar refractivity (Wildman–Crippen MR) is 73.9 cm³/mol. The Hall–Kier alpha value is -2.96. The highest BCUT2D eigenvalue weighted by atomic mass is 19.1. The molecule has 0 aromatic heterocycles. The summed E-state index contributed by atoms with van der Waals surface area (Å²) in [6, 6.07) is 7.06. The van der Waals surface area contributed by atoms with Crippen LogP contribution in [0.25, 0.3) is 0 Å². The van der Waals surface area contributed by atoms with E-state index in [4.69, 9.17) is 0 Å². The van der Waals surface area contributed by atoms with Gasteiger partial charge in [0.1, 0.15) is 11.6 Å². The number of phenols is 1. The number of nitrogens with one attached hydrogen (secondary N) is 1. The summed E-state index contributed by atoms with van der Waals surface area (Å²) in [6.07, 6.45) is 0. The van der Waals surface area contributed by atoms with Gasteiger partial charge in [-0.3, -0.25) is 14.9 Å². The Balaban J connectivity index is 2.28. The molecule has 2 aromatic rings. The Morgan fingerprint density at radius 3 is 2.62 bits per heavy atom. The third-order valence-corrected chi connectivity index (χ3v) is 2.86. The number of rotatable bonds is 3. The van der Waals surface area contributed by atoms with E-state index in [0.29, 0.717) is 5.56 Å². The molecule has 6 nitrogen and oxygen atoms in total. The summed E-state index contributed by atoms with van der Waals surface area (Å²) in [5, 5.41) is 22.6. The van der Waals surface area contributed by atoms with E-state index in [1.54, 1.807) is 0 Å². The molecule has 0 aliphatic carbocycles. The highest BCUT2D eigenvalue weighted by Gasteiger charge is 2.14. The first-order valence-corrected chi connectivity index (χ1v) is 5.93. The molecule has 1 amide bonds. The van der Waals surface area contributed by atoms with Gasteiger partial charge in [-0.1, -0.05) is 0 Å². The number of aryl methyl sites for hydroxylation is 1. The lowest BCUT2D eigenvalue weighted by atomic mass is 10.1. The lowest BCUT2D eigenvalue weighted by molar-refractivity contribution is -0.384. The van der Waals surface area contributed by atoms with Gasteiger partial charge in [-0.2, -0.15) is 0 Å². The summed E-state index contributed by atoms with van der Waals surface area (Å²) in [5.74, 6) is -1.34. The maximum absolute atomic E-state index is 13.1. The van der Waals surface area contributed by atoms with Gasteiger partial charge in [0.25, 0.3) is 11.6 Å². The molecule has 0 saturated heterocycles. The van der Waals surface area contributed by atoms with Gasteiger partial charge in [0.05, 0.1) is 10.6 Å². The van der Waals surface area contributed by atoms with E-state index >= 15 is 0 Å². The minimum Gasteiger partial charge on any atom is -0.506 e. The number of halogens is 1. The average molecular weight is 290 g/mol. The summed E-state index contributed by atoms with van der Waals surface area (Å²) < 4.78 is 13.1. The second-order valence-electron chi connectivity index (χ2n) is 4.38. The van der Waals surface area contributed by atoms with E-state index < -0.39 is 16.6 Å². The van der Waals surface area contributed by atoms with E-state index in [9.17, 15) is 24.4 Å². The zero-order valence-corrected chi connectivity index (χ0v) is 11.0. The van der Waals surface area contributed by atoms with E-state index in [2.05, 4.69) is 5.32 Å². The number of nitro benzene ring substituents is 1. The van der Waals surface area contributed by atoms with Gasteiger partial charge < -0.3 is 10.4 Å². The number of carbonyl (C=O) groups excluding carboxylic acids is 1. The van der Waals surface area contributed by atoms with Crippen LogP contribution in [0.5, 0.6) is 5.75 Å². The van der Waals surface area contributed by atoms with Crippen LogP contribution in [0.4, 0.5) is 15.8 Å². The number of hydrogen-bond acceptors (Lipinski definition) is 4. The molecular weight excluding hydrogens is 279 g/mol. The number of hydrogen-bond donors (Lipinski definition) is 2. The summed E-state index contributed by atoms with van der Waals surface area (Å²) in [6.45, 7) is 1.51. The monoisotopic (exact) mass is 290 g/mol. The fourth-order valence-electron chi connectivity index (χ4n) is 1.72. The summed E-state index contributed by atoms with van der Waals surface area (Å²) in [4.78, 5) is 22.0. The van der Waals surface area contributed by atoms with Crippen LogP contribution in [-0.2, 0) is 0 Å². The maximum Gasteiger partial charge on any atom is 0.271 e. The third-order valence-electron chi connectivity index (χ3n) is 2.86. The van der Waals surface area contributed by atoms with E-state index in [1.807, 2.05) is 0 Å². The molecule has 0 aliphatic rings. The van der Waals surface area contributed by atoms with Crippen molar-refractivity contribution in [3.05, 3.63) is 63.5 Å². The van der Waals surface area contributed by atoms with E-state index in [1.165, 1.54) is 19.1 Å². The van der Waals surface area contributed by atoms with Gasteiger partial charge >= 0.3 is 0 Å². The molecule has 0 heterocycles. The average Bonchev–Trinajstić information content (AvgIpc) is 2.43. The van der Waals surface area contributed by atoms with Crippen LogP contribution in [0.1, 0.15) is 15.9 Å². The number of benzene rings is 2. The van der Waals surface area contributed by atoms with Crippen LogP contribution in [-0.4, -0.2) is 15.9 Å². The number of carbonyl (C=O) groups is 1. The lowest BCUT2D eigenvalue weighted by Gasteiger charge is -2.08. The molecule has 0 aliphatic heterocycles. The Morgan fingerprint density at radius 2 is 2.00 bits per heavy atom. The van der Waals surface area contributed by atoms with Crippen molar-refractivity contribution in [2.75, 3.05) is 5.32 Å². The van der Waals surface area contributed by atoms with Crippen LogP contribution in [0.3, 0.4) is 0 Å². The number of phenolic OH excluding ortho intramolecular Hbond substituents is 1. The molecule has 0 bridgehead atoms. The molecule has 21 heavy (non-hydrogen) atoms. The van der Waals surface area contributed by atoms with Crippen molar-refractivity contribution in [1.29, 1.82) is 0 Å². The molecule has 2 N–H and O–H groups in total. The second kappa shape index (κ2) is 5.58. The Bertz CT molecular complexity index is 731. The molecule has 0 fully saturated rings. The van der Waals surface area contributed by atoms with Crippen LogP contribution in [0, 0.1) is 22.9 Å². The van der Waals surface area contributed by atoms with Crippen molar-refractivity contribution in [3.63, 3.8) is 0 Å². The zero-order chi connectivity index (χ0) is 15.6. The molecular formula is C14H11FN2O4. The summed E-state index contributed by atoms with van der Waals surface area (Å²) in [5.41, 5.74) is 0.125. The first-order valence-electron chi connectivity index (χ1n) is 5.93. The predicted octanol–water partition coefficient (Wildman–Crippen LogP) is 3.00. The standard InChI is InChI=1S/C14H11FN2O4/c1-8-6-9(2-4-11(8)15)14(19)16-12-7-10(17(20)21)3-5-13(12)18/h2-7,18H,1H3,(H,16,19). The van der Waals surface area contributed by atoms with Crippen LogP contribution >= 0.6 is 0 Å². The van der Waals surface area contributed by atoms with Crippen molar-refractivity contribution in [3.8, 4) is 5.75 Å². The maximum atomic E-state index is 13.1. The molecule has 2 aromatic carbocycles. The van der Waals surface area contributed by atoms with Crippen LogP contribution < -0.4 is 5.32 Å². The topological polar surface area (TPSA) is 92.5 Å². The van der Waals surface area contributed by atoms with Crippen molar-refractivity contribution < 1.29 is 19.2 Å². The highest BCUT2D eigenvalue weighted by molar-refractivity contribution is 6.05. The van der Waals surface area contributed by atoms with Crippen molar-refractivity contribution in [1.82, 2.24) is 0 Å². The molecule has 0 atom stereocenters. The third kappa shape index (κ3) is 3.14. The number of nitrogens with zero attached hydrogens (tertiary/aromatic N) is 1. The van der Waals surface area contributed by atoms with Gasteiger partial charge in [-0.15, -0.1) is 0 Å². The largest absolute Gasteiger partial charge is 0.506 e. The van der Waals surface area contributed by atoms with Crippen LogP contribution in [0.2, 0.25) is 0 Å². The molecule has 0 spiro atoms. The number of aromatic hydroxyl groups is 1. The second-order valence-corrected chi connectivity index (χ2v) is 4.38. The van der Waals surface area contributed by atoms with Gasteiger partial charge in [0, 0.05) is 17.7 Å². The first kappa shape index (κ1) is 14.4. The molecule has 0 saturated carbocycles. The van der Waals surface area contributed by atoms with Gasteiger partial charge in [0.15, 0.2) is 0 Å². The minimum atomic E-state index is -0.642. The smallest absolute Gasteiger partial charge is 0.271 e.